The molecule has 2 unspecified atom stereocenters. The molecule has 1 fully saturated rings. The van der Waals surface area contributed by atoms with E-state index in [4.69, 9.17) is 4.74 Å². The SMILES string of the molecule is Cc1cc(C)cc(OC2CCCC(C)C2)c1. The van der Waals surface area contributed by atoms with Gasteiger partial charge in [0.1, 0.15) is 5.75 Å². The van der Waals surface area contributed by atoms with Gasteiger partial charge >= 0.3 is 0 Å². The Morgan fingerprint density at radius 2 is 1.75 bits per heavy atom. The van der Waals surface area contributed by atoms with Crippen molar-refractivity contribution in [1.29, 1.82) is 0 Å². The van der Waals surface area contributed by atoms with Crippen LogP contribution in [0.5, 0.6) is 5.75 Å². The second-order valence-electron chi connectivity index (χ2n) is 5.34. The predicted octanol–water partition coefficient (Wildman–Crippen LogP) is 4.26. The molecule has 2 atom stereocenters. The highest BCUT2D eigenvalue weighted by Gasteiger charge is 2.20. The molecule has 0 bridgehead atoms. The summed E-state index contributed by atoms with van der Waals surface area (Å²) in [7, 11) is 0. The number of benzene rings is 1. The molecule has 0 amide bonds. The third-order valence-electron chi connectivity index (χ3n) is 3.39. The maximum atomic E-state index is 6.09. The van der Waals surface area contributed by atoms with Gasteiger partial charge in [0, 0.05) is 0 Å². The molecule has 1 aliphatic carbocycles. The van der Waals surface area contributed by atoms with Crippen molar-refractivity contribution >= 4 is 0 Å². The molecule has 1 aliphatic rings. The zero-order chi connectivity index (χ0) is 11.5. The fraction of sp³-hybridized carbons (Fsp3) is 0.600. The quantitative estimate of drug-likeness (QED) is 0.720. The van der Waals surface area contributed by atoms with Crippen LogP contribution in [0.25, 0.3) is 0 Å². The molecule has 0 N–H and O–H groups in total. The van der Waals surface area contributed by atoms with Crippen LogP contribution in [0.15, 0.2) is 18.2 Å². The number of aryl methyl sites for hydroxylation is 2. The zero-order valence-corrected chi connectivity index (χ0v) is 10.6. The molecule has 0 aromatic heterocycles. The monoisotopic (exact) mass is 218 g/mol. The maximum Gasteiger partial charge on any atom is 0.120 e. The molecular weight excluding hydrogens is 196 g/mol. The Bertz CT molecular complexity index is 336. The topological polar surface area (TPSA) is 9.23 Å². The van der Waals surface area contributed by atoms with Crippen LogP contribution in [-0.4, -0.2) is 6.10 Å². The molecule has 1 aromatic carbocycles. The average molecular weight is 218 g/mol. The number of hydrogen-bond acceptors (Lipinski definition) is 1. The Kier molecular flexibility index (Phi) is 3.52. The molecule has 1 saturated carbocycles. The van der Waals surface area contributed by atoms with Crippen molar-refractivity contribution in [3.05, 3.63) is 29.3 Å². The summed E-state index contributed by atoms with van der Waals surface area (Å²) in [5, 5.41) is 0. The van der Waals surface area contributed by atoms with Crippen LogP contribution in [0.1, 0.15) is 43.7 Å². The molecule has 0 aliphatic heterocycles. The van der Waals surface area contributed by atoms with Gasteiger partial charge in [-0.05, 0) is 62.3 Å². The van der Waals surface area contributed by atoms with Crippen molar-refractivity contribution in [3.8, 4) is 5.75 Å². The first kappa shape index (κ1) is 11.5. The number of rotatable bonds is 2. The van der Waals surface area contributed by atoms with Crippen LogP contribution >= 0.6 is 0 Å². The lowest BCUT2D eigenvalue weighted by Gasteiger charge is -2.27. The van der Waals surface area contributed by atoms with E-state index in [1.165, 1.54) is 36.8 Å². The Labute approximate surface area is 98.8 Å². The van der Waals surface area contributed by atoms with Crippen LogP contribution in [0.4, 0.5) is 0 Å². The minimum absolute atomic E-state index is 0.435. The van der Waals surface area contributed by atoms with Gasteiger partial charge in [-0.25, -0.2) is 0 Å². The highest BCUT2D eigenvalue weighted by Crippen LogP contribution is 2.28. The number of hydrogen-bond donors (Lipinski definition) is 0. The van der Waals surface area contributed by atoms with E-state index >= 15 is 0 Å². The van der Waals surface area contributed by atoms with E-state index in [1.807, 2.05) is 0 Å². The molecule has 0 spiro atoms. The standard InChI is InChI=1S/C15H22O/c1-11-5-4-6-14(8-11)16-15-9-12(2)7-13(3)10-15/h7,9-11,14H,4-6,8H2,1-3H3. The van der Waals surface area contributed by atoms with E-state index in [1.54, 1.807) is 0 Å². The molecular formula is C15H22O. The van der Waals surface area contributed by atoms with E-state index in [-0.39, 0.29) is 0 Å². The normalized spacial score (nSPS) is 25.4. The molecule has 1 heteroatoms. The van der Waals surface area contributed by atoms with Gasteiger partial charge < -0.3 is 4.74 Å². The van der Waals surface area contributed by atoms with Gasteiger partial charge in [0.2, 0.25) is 0 Å². The summed E-state index contributed by atoms with van der Waals surface area (Å²) >= 11 is 0. The van der Waals surface area contributed by atoms with Crippen molar-refractivity contribution in [1.82, 2.24) is 0 Å². The van der Waals surface area contributed by atoms with Gasteiger partial charge in [0.25, 0.3) is 0 Å². The summed E-state index contributed by atoms with van der Waals surface area (Å²) in [6, 6.07) is 6.48. The second-order valence-corrected chi connectivity index (χ2v) is 5.34. The molecule has 1 nitrogen and oxygen atoms in total. The predicted molar refractivity (Wildman–Crippen MR) is 68.0 cm³/mol. The second kappa shape index (κ2) is 4.90. The Hall–Kier alpha value is -0.980. The minimum atomic E-state index is 0.435. The Balaban J connectivity index is 2.02. The van der Waals surface area contributed by atoms with Crippen LogP contribution in [0, 0.1) is 19.8 Å². The Morgan fingerprint density at radius 3 is 2.38 bits per heavy atom. The Morgan fingerprint density at radius 1 is 1.06 bits per heavy atom. The first-order chi connectivity index (χ1) is 7.63. The van der Waals surface area contributed by atoms with Crippen LogP contribution in [0.3, 0.4) is 0 Å². The smallest absolute Gasteiger partial charge is 0.120 e. The van der Waals surface area contributed by atoms with Crippen molar-refractivity contribution in [2.75, 3.05) is 0 Å². The van der Waals surface area contributed by atoms with Crippen LogP contribution in [-0.2, 0) is 0 Å². The van der Waals surface area contributed by atoms with E-state index in [0.29, 0.717) is 6.10 Å². The lowest BCUT2D eigenvalue weighted by Crippen LogP contribution is -2.24. The largest absolute Gasteiger partial charge is 0.490 e. The summed E-state index contributed by atoms with van der Waals surface area (Å²) in [4.78, 5) is 0. The van der Waals surface area contributed by atoms with E-state index in [2.05, 4.69) is 39.0 Å². The van der Waals surface area contributed by atoms with E-state index < -0.39 is 0 Å². The van der Waals surface area contributed by atoms with Crippen LogP contribution < -0.4 is 4.74 Å². The highest BCUT2D eigenvalue weighted by molar-refractivity contribution is 5.33. The van der Waals surface area contributed by atoms with Gasteiger partial charge in [-0.2, -0.15) is 0 Å². The summed E-state index contributed by atoms with van der Waals surface area (Å²) in [5.74, 6) is 1.88. The average Bonchev–Trinajstić information content (AvgIpc) is 2.15. The molecule has 16 heavy (non-hydrogen) atoms. The van der Waals surface area contributed by atoms with Crippen molar-refractivity contribution in [2.45, 2.75) is 52.6 Å². The zero-order valence-electron chi connectivity index (χ0n) is 10.6. The third kappa shape index (κ3) is 3.01. The van der Waals surface area contributed by atoms with Gasteiger partial charge in [0.05, 0.1) is 6.10 Å². The number of ether oxygens (including phenoxy) is 1. The lowest BCUT2D eigenvalue weighted by molar-refractivity contribution is 0.129. The minimum Gasteiger partial charge on any atom is -0.490 e. The van der Waals surface area contributed by atoms with Crippen LogP contribution in [0.2, 0.25) is 0 Å². The fourth-order valence-corrected chi connectivity index (χ4v) is 2.68. The van der Waals surface area contributed by atoms with E-state index in [9.17, 15) is 0 Å². The molecule has 0 heterocycles. The molecule has 0 radical (unpaired) electrons. The first-order valence-electron chi connectivity index (χ1n) is 6.38. The molecule has 2 rings (SSSR count). The maximum absolute atomic E-state index is 6.09. The third-order valence-corrected chi connectivity index (χ3v) is 3.39. The van der Waals surface area contributed by atoms with Gasteiger partial charge in [-0.3, -0.25) is 0 Å². The molecule has 0 saturated heterocycles. The molecule has 1 aromatic rings. The first-order valence-corrected chi connectivity index (χ1v) is 6.38. The van der Waals surface area contributed by atoms with E-state index in [0.717, 1.165) is 11.7 Å². The van der Waals surface area contributed by atoms with Crippen molar-refractivity contribution in [2.24, 2.45) is 5.92 Å². The van der Waals surface area contributed by atoms with Gasteiger partial charge in [-0.15, -0.1) is 0 Å². The summed E-state index contributed by atoms with van der Waals surface area (Å²) in [5.41, 5.74) is 2.58. The summed E-state index contributed by atoms with van der Waals surface area (Å²) in [6.07, 6.45) is 5.55. The lowest BCUT2D eigenvalue weighted by atomic mass is 9.89. The van der Waals surface area contributed by atoms with Crippen molar-refractivity contribution in [3.63, 3.8) is 0 Å². The molecule has 88 valence electrons. The highest BCUT2D eigenvalue weighted by atomic mass is 16.5. The van der Waals surface area contributed by atoms with Crippen molar-refractivity contribution < 1.29 is 4.74 Å². The van der Waals surface area contributed by atoms with Gasteiger partial charge in [-0.1, -0.05) is 19.4 Å². The van der Waals surface area contributed by atoms with Gasteiger partial charge in [0.15, 0.2) is 0 Å². The summed E-state index contributed by atoms with van der Waals surface area (Å²) in [6.45, 7) is 6.59. The summed E-state index contributed by atoms with van der Waals surface area (Å²) < 4.78 is 6.09. The fourth-order valence-electron chi connectivity index (χ4n) is 2.68.